The van der Waals surface area contributed by atoms with Gasteiger partial charge in [0.1, 0.15) is 16.7 Å². The first kappa shape index (κ1) is 11.0. The molecule has 0 saturated carbocycles. The maximum atomic E-state index is 5.78. The molecule has 2 nitrogen and oxygen atoms in total. The second kappa shape index (κ2) is 4.99. The monoisotopic (exact) mass is 233 g/mol. The number of aromatic nitrogens is 1. The van der Waals surface area contributed by atoms with Gasteiger partial charge in [-0.3, -0.25) is 0 Å². The van der Waals surface area contributed by atoms with Crippen molar-refractivity contribution in [3.8, 4) is 11.5 Å². The summed E-state index contributed by atoms with van der Waals surface area (Å²) in [5.74, 6) is 1.52. The number of rotatable bonds is 3. The summed E-state index contributed by atoms with van der Waals surface area (Å²) in [5, 5.41) is 0.434. The third-order valence-corrected chi connectivity index (χ3v) is 2.45. The molecule has 16 heavy (non-hydrogen) atoms. The fourth-order valence-electron chi connectivity index (χ4n) is 1.41. The van der Waals surface area contributed by atoms with E-state index in [2.05, 4.69) is 18.0 Å². The molecule has 3 heteroatoms. The lowest BCUT2D eigenvalue weighted by atomic mass is 10.2. The van der Waals surface area contributed by atoms with Crippen molar-refractivity contribution in [3.05, 3.63) is 53.3 Å². The maximum Gasteiger partial charge on any atom is 0.132 e. The van der Waals surface area contributed by atoms with E-state index in [9.17, 15) is 0 Å². The number of halogens is 1. The normalized spacial score (nSPS) is 10.1. The van der Waals surface area contributed by atoms with E-state index < -0.39 is 0 Å². The van der Waals surface area contributed by atoms with Crippen molar-refractivity contribution in [2.45, 2.75) is 13.3 Å². The maximum absolute atomic E-state index is 5.78. The van der Waals surface area contributed by atoms with Crippen molar-refractivity contribution in [2.24, 2.45) is 0 Å². The van der Waals surface area contributed by atoms with Gasteiger partial charge in [-0.15, -0.1) is 0 Å². The Morgan fingerprint density at radius 3 is 2.75 bits per heavy atom. The average Bonchev–Trinajstić information content (AvgIpc) is 2.29. The average molecular weight is 234 g/mol. The summed E-state index contributed by atoms with van der Waals surface area (Å²) in [6, 6.07) is 11.5. The van der Waals surface area contributed by atoms with E-state index >= 15 is 0 Å². The van der Waals surface area contributed by atoms with Crippen LogP contribution in [0, 0.1) is 0 Å². The van der Waals surface area contributed by atoms with E-state index in [0.29, 0.717) is 10.9 Å². The largest absolute Gasteiger partial charge is 0.457 e. The summed E-state index contributed by atoms with van der Waals surface area (Å²) >= 11 is 5.78. The van der Waals surface area contributed by atoms with Gasteiger partial charge < -0.3 is 4.74 Å². The van der Waals surface area contributed by atoms with Crippen LogP contribution >= 0.6 is 11.6 Å². The van der Waals surface area contributed by atoms with Gasteiger partial charge in [-0.2, -0.15) is 0 Å². The molecule has 1 heterocycles. The molecule has 0 spiro atoms. The lowest BCUT2D eigenvalue weighted by Gasteiger charge is -2.06. The summed E-state index contributed by atoms with van der Waals surface area (Å²) in [4.78, 5) is 3.90. The van der Waals surface area contributed by atoms with Crippen LogP contribution in [-0.2, 0) is 6.42 Å². The molecular formula is C13H12ClNO. The first-order chi connectivity index (χ1) is 7.78. The van der Waals surface area contributed by atoms with Crippen molar-refractivity contribution < 1.29 is 4.74 Å². The fourth-order valence-corrected chi connectivity index (χ4v) is 1.58. The molecule has 0 amide bonds. The van der Waals surface area contributed by atoms with Gasteiger partial charge >= 0.3 is 0 Å². The van der Waals surface area contributed by atoms with Crippen LogP contribution in [0.25, 0.3) is 0 Å². The minimum Gasteiger partial charge on any atom is -0.457 e. The van der Waals surface area contributed by atoms with E-state index in [1.165, 1.54) is 5.56 Å². The Bertz CT molecular complexity index is 485. The molecule has 2 aromatic rings. The van der Waals surface area contributed by atoms with E-state index in [1.807, 2.05) is 18.2 Å². The zero-order valence-electron chi connectivity index (χ0n) is 8.98. The number of pyridine rings is 1. The van der Waals surface area contributed by atoms with Crippen molar-refractivity contribution in [1.82, 2.24) is 4.98 Å². The van der Waals surface area contributed by atoms with Crippen LogP contribution in [0.1, 0.15) is 12.5 Å². The van der Waals surface area contributed by atoms with Gasteiger partial charge in [0.05, 0.1) is 0 Å². The molecule has 0 radical (unpaired) electrons. The molecule has 0 aliphatic heterocycles. The van der Waals surface area contributed by atoms with Crippen molar-refractivity contribution in [2.75, 3.05) is 0 Å². The number of hydrogen-bond acceptors (Lipinski definition) is 2. The molecule has 0 saturated heterocycles. The molecule has 0 bridgehead atoms. The predicted octanol–water partition coefficient (Wildman–Crippen LogP) is 4.09. The highest BCUT2D eigenvalue weighted by molar-refractivity contribution is 6.29. The van der Waals surface area contributed by atoms with Crippen LogP contribution in [0.3, 0.4) is 0 Å². The summed E-state index contributed by atoms with van der Waals surface area (Å²) in [5.41, 5.74) is 1.25. The van der Waals surface area contributed by atoms with Crippen LogP contribution in [0.2, 0.25) is 5.15 Å². The van der Waals surface area contributed by atoms with Gasteiger partial charge in [0.25, 0.3) is 0 Å². The van der Waals surface area contributed by atoms with Crippen LogP contribution in [0.5, 0.6) is 11.5 Å². The Balaban J connectivity index is 2.20. The lowest BCUT2D eigenvalue weighted by Crippen LogP contribution is -1.87. The fraction of sp³-hybridized carbons (Fsp3) is 0.154. The standard InChI is InChI=1S/C13H12ClNO/c1-2-10-4-3-5-11(8-10)16-12-6-7-15-13(14)9-12/h3-9H,2H2,1H3. The highest BCUT2D eigenvalue weighted by atomic mass is 35.5. The molecule has 1 aromatic carbocycles. The molecule has 1 aromatic heterocycles. The molecule has 0 fully saturated rings. The van der Waals surface area contributed by atoms with E-state index in [4.69, 9.17) is 16.3 Å². The van der Waals surface area contributed by atoms with Gasteiger partial charge in [-0.25, -0.2) is 4.98 Å². The quantitative estimate of drug-likeness (QED) is 0.745. The minimum atomic E-state index is 0.434. The molecule has 0 atom stereocenters. The van der Waals surface area contributed by atoms with Crippen molar-refractivity contribution in [1.29, 1.82) is 0 Å². The molecule has 0 N–H and O–H groups in total. The summed E-state index contributed by atoms with van der Waals surface area (Å²) in [6.07, 6.45) is 2.62. The van der Waals surface area contributed by atoms with Crippen LogP contribution in [0.4, 0.5) is 0 Å². The minimum absolute atomic E-state index is 0.434. The highest BCUT2D eigenvalue weighted by Crippen LogP contribution is 2.23. The zero-order valence-corrected chi connectivity index (χ0v) is 9.74. The van der Waals surface area contributed by atoms with E-state index in [1.54, 1.807) is 18.3 Å². The summed E-state index contributed by atoms with van der Waals surface area (Å²) < 4.78 is 5.68. The molecule has 0 unspecified atom stereocenters. The third-order valence-electron chi connectivity index (χ3n) is 2.24. The van der Waals surface area contributed by atoms with Crippen molar-refractivity contribution >= 4 is 11.6 Å². The molecule has 0 aliphatic rings. The van der Waals surface area contributed by atoms with Gasteiger partial charge in [0.2, 0.25) is 0 Å². The second-order valence-electron chi connectivity index (χ2n) is 3.42. The second-order valence-corrected chi connectivity index (χ2v) is 3.80. The summed E-state index contributed by atoms with van der Waals surface area (Å²) in [7, 11) is 0. The molecule has 2 rings (SSSR count). The zero-order chi connectivity index (χ0) is 11.4. The Morgan fingerprint density at radius 1 is 1.19 bits per heavy atom. The Morgan fingerprint density at radius 2 is 2.00 bits per heavy atom. The van der Waals surface area contributed by atoms with Gasteiger partial charge in [-0.1, -0.05) is 30.7 Å². The Labute approximate surface area is 99.9 Å². The molecular weight excluding hydrogens is 222 g/mol. The number of benzene rings is 1. The smallest absolute Gasteiger partial charge is 0.132 e. The Hall–Kier alpha value is -1.54. The lowest BCUT2D eigenvalue weighted by molar-refractivity contribution is 0.481. The predicted molar refractivity (Wildman–Crippen MR) is 65.1 cm³/mol. The number of ether oxygens (including phenoxy) is 1. The van der Waals surface area contributed by atoms with Crippen LogP contribution in [0.15, 0.2) is 42.6 Å². The SMILES string of the molecule is CCc1cccc(Oc2ccnc(Cl)c2)c1. The van der Waals surface area contributed by atoms with E-state index in [0.717, 1.165) is 12.2 Å². The topological polar surface area (TPSA) is 22.1 Å². The Kier molecular flexibility index (Phi) is 3.42. The summed E-state index contributed by atoms with van der Waals surface area (Å²) in [6.45, 7) is 2.11. The van der Waals surface area contributed by atoms with Crippen molar-refractivity contribution in [3.63, 3.8) is 0 Å². The van der Waals surface area contributed by atoms with Crippen LogP contribution in [-0.4, -0.2) is 4.98 Å². The number of nitrogens with zero attached hydrogens (tertiary/aromatic N) is 1. The van der Waals surface area contributed by atoms with Gasteiger partial charge in [0.15, 0.2) is 0 Å². The molecule has 82 valence electrons. The first-order valence-corrected chi connectivity index (χ1v) is 5.54. The third kappa shape index (κ3) is 2.74. The van der Waals surface area contributed by atoms with Gasteiger partial charge in [0, 0.05) is 12.3 Å². The molecule has 0 aliphatic carbocycles. The van der Waals surface area contributed by atoms with Gasteiger partial charge in [-0.05, 0) is 30.2 Å². The van der Waals surface area contributed by atoms with E-state index in [-0.39, 0.29) is 0 Å². The first-order valence-electron chi connectivity index (χ1n) is 5.16. The number of hydrogen-bond donors (Lipinski definition) is 0. The number of aryl methyl sites for hydroxylation is 1. The highest BCUT2D eigenvalue weighted by Gasteiger charge is 1.99. The van der Waals surface area contributed by atoms with Crippen LogP contribution < -0.4 is 4.74 Å².